The normalized spacial score (nSPS) is 15.4. The molecule has 0 amide bonds. The van der Waals surface area contributed by atoms with Gasteiger partial charge in [-0.15, -0.1) is 0 Å². The Morgan fingerprint density at radius 1 is 0.733 bits per heavy atom. The van der Waals surface area contributed by atoms with Crippen molar-refractivity contribution in [1.29, 1.82) is 0 Å². The lowest BCUT2D eigenvalue weighted by atomic mass is 10.9. The first-order chi connectivity index (χ1) is 6.96. The van der Waals surface area contributed by atoms with Crippen LogP contribution in [0.4, 0.5) is 0 Å². The van der Waals surface area contributed by atoms with Crippen molar-refractivity contribution in [2.45, 2.75) is 18.6 Å². The third-order valence-electron chi connectivity index (χ3n) is 2.98. The molecule has 0 N–H and O–H groups in total. The Hall–Kier alpha value is 0.234. The lowest BCUT2D eigenvalue weighted by molar-refractivity contribution is 0.112. The molecule has 5 nitrogen and oxygen atoms in total. The maximum Gasteiger partial charge on any atom is 0.505 e. The summed E-state index contributed by atoms with van der Waals surface area (Å²) in [6.07, 6.45) is 0. The first-order valence-electron chi connectivity index (χ1n) is 4.72. The average molecular weight is 254 g/mol. The van der Waals surface area contributed by atoms with E-state index in [-0.39, 0.29) is 5.16 Å². The number of hydrogen-bond acceptors (Lipinski definition) is 5. The van der Waals surface area contributed by atoms with E-state index < -0.39 is 17.4 Å². The molecular formula is C8H22O5Si2. The SMILES string of the molecule is CO[Si](C)(OC)C(C)[Si](OC)(OC)OC. The summed E-state index contributed by atoms with van der Waals surface area (Å²) in [7, 11) is 3.07. The van der Waals surface area contributed by atoms with Gasteiger partial charge in [-0.25, -0.2) is 0 Å². The minimum absolute atomic E-state index is 0.000000000000000444. The predicted octanol–water partition coefficient (Wildman–Crippen LogP) is 1.16. The minimum Gasteiger partial charge on any atom is -0.398 e. The van der Waals surface area contributed by atoms with Crippen molar-refractivity contribution in [2.24, 2.45) is 0 Å². The lowest BCUT2D eigenvalue weighted by Gasteiger charge is -2.37. The maximum atomic E-state index is 5.47. The Labute approximate surface area is 94.2 Å². The fraction of sp³-hybridized carbons (Fsp3) is 1.00. The van der Waals surface area contributed by atoms with Gasteiger partial charge >= 0.3 is 17.4 Å². The molecule has 15 heavy (non-hydrogen) atoms. The minimum atomic E-state index is -2.69. The van der Waals surface area contributed by atoms with E-state index in [1.165, 1.54) is 0 Å². The standard InChI is InChI=1S/C8H22O5Si2/c1-8(14(7,9-2)10-3)15(11-4,12-5)13-6/h8H,1-7H3. The molecule has 92 valence electrons. The van der Waals surface area contributed by atoms with Gasteiger partial charge in [-0.3, -0.25) is 0 Å². The molecule has 0 radical (unpaired) electrons. The number of rotatable bonds is 7. The zero-order valence-corrected chi connectivity index (χ0v) is 12.6. The first-order valence-corrected chi connectivity index (χ1v) is 8.91. The molecule has 0 aromatic heterocycles. The van der Waals surface area contributed by atoms with Crippen LogP contribution in [-0.4, -0.2) is 52.9 Å². The zero-order valence-electron chi connectivity index (χ0n) is 10.6. The fourth-order valence-electron chi connectivity index (χ4n) is 1.54. The summed E-state index contributed by atoms with van der Waals surface area (Å²) in [6, 6.07) is 0. The lowest BCUT2D eigenvalue weighted by Crippen LogP contribution is -2.58. The van der Waals surface area contributed by atoms with E-state index in [2.05, 4.69) is 0 Å². The van der Waals surface area contributed by atoms with Crippen LogP contribution < -0.4 is 0 Å². The van der Waals surface area contributed by atoms with Crippen LogP contribution in [0.25, 0.3) is 0 Å². The third-order valence-corrected chi connectivity index (χ3v) is 11.6. The van der Waals surface area contributed by atoms with Gasteiger partial charge in [0.2, 0.25) is 0 Å². The largest absolute Gasteiger partial charge is 0.505 e. The highest BCUT2D eigenvalue weighted by atomic mass is 28.4. The molecule has 0 saturated carbocycles. The Bertz CT molecular complexity index is 174. The summed E-state index contributed by atoms with van der Waals surface area (Å²) in [5, 5.41) is -0.000000000000000444. The van der Waals surface area contributed by atoms with Crippen LogP contribution in [0.2, 0.25) is 11.7 Å². The maximum absolute atomic E-state index is 5.47. The molecule has 0 fully saturated rings. The number of hydrogen-bond donors (Lipinski definition) is 0. The summed E-state index contributed by atoms with van der Waals surface area (Å²) in [6.45, 7) is 3.96. The van der Waals surface area contributed by atoms with E-state index in [1.54, 1.807) is 35.5 Å². The van der Waals surface area contributed by atoms with Gasteiger partial charge in [-0.2, -0.15) is 0 Å². The van der Waals surface area contributed by atoms with Crippen molar-refractivity contribution >= 4 is 17.4 Å². The van der Waals surface area contributed by atoms with E-state index in [0.29, 0.717) is 0 Å². The van der Waals surface area contributed by atoms with Crippen LogP contribution in [-0.2, 0) is 22.1 Å². The summed E-state index contributed by atoms with van der Waals surface area (Å²) in [4.78, 5) is 0. The van der Waals surface area contributed by atoms with Crippen LogP contribution in [0.1, 0.15) is 6.92 Å². The average Bonchev–Trinajstić information content (AvgIpc) is 2.30. The van der Waals surface area contributed by atoms with Gasteiger partial charge in [-0.1, -0.05) is 6.92 Å². The van der Waals surface area contributed by atoms with Gasteiger partial charge in [0.05, 0.1) is 5.16 Å². The Morgan fingerprint density at radius 3 is 1.27 bits per heavy atom. The molecule has 0 spiro atoms. The Kier molecular flexibility index (Phi) is 6.18. The summed E-state index contributed by atoms with van der Waals surface area (Å²) in [5.74, 6) is 0. The molecule has 0 aliphatic heterocycles. The van der Waals surface area contributed by atoms with Crippen molar-refractivity contribution in [3.05, 3.63) is 0 Å². The molecular weight excluding hydrogens is 232 g/mol. The van der Waals surface area contributed by atoms with E-state index in [1.807, 2.05) is 13.5 Å². The van der Waals surface area contributed by atoms with Gasteiger partial charge in [0, 0.05) is 35.5 Å². The van der Waals surface area contributed by atoms with Crippen molar-refractivity contribution in [3.8, 4) is 0 Å². The smallest absolute Gasteiger partial charge is 0.398 e. The highest BCUT2D eigenvalue weighted by molar-refractivity contribution is 6.84. The van der Waals surface area contributed by atoms with E-state index >= 15 is 0 Å². The molecule has 1 unspecified atom stereocenters. The molecule has 0 heterocycles. The van der Waals surface area contributed by atoms with E-state index in [4.69, 9.17) is 22.1 Å². The second-order valence-electron chi connectivity index (χ2n) is 3.36. The van der Waals surface area contributed by atoms with Crippen molar-refractivity contribution in [2.75, 3.05) is 35.5 Å². The van der Waals surface area contributed by atoms with Crippen molar-refractivity contribution in [1.82, 2.24) is 0 Å². The molecule has 0 rings (SSSR count). The molecule has 0 bridgehead atoms. The Morgan fingerprint density at radius 2 is 1.07 bits per heavy atom. The van der Waals surface area contributed by atoms with Gasteiger partial charge < -0.3 is 22.1 Å². The molecule has 0 aromatic carbocycles. The van der Waals surface area contributed by atoms with Gasteiger partial charge in [-0.05, 0) is 6.55 Å². The monoisotopic (exact) mass is 254 g/mol. The summed E-state index contributed by atoms with van der Waals surface area (Å²) < 4.78 is 27.2. The van der Waals surface area contributed by atoms with Crippen LogP contribution in [0.3, 0.4) is 0 Å². The highest BCUT2D eigenvalue weighted by Gasteiger charge is 2.56. The first kappa shape index (κ1) is 15.2. The zero-order chi connectivity index (χ0) is 12.1. The summed E-state index contributed by atoms with van der Waals surface area (Å²) in [5.41, 5.74) is 0. The fourth-order valence-corrected chi connectivity index (χ4v) is 8.31. The highest BCUT2D eigenvalue weighted by Crippen LogP contribution is 2.33. The van der Waals surface area contributed by atoms with E-state index in [9.17, 15) is 0 Å². The third kappa shape index (κ3) is 2.87. The Balaban J connectivity index is 4.98. The molecule has 0 aromatic rings. The van der Waals surface area contributed by atoms with Gasteiger partial charge in [0.15, 0.2) is 0 Å². The van der Waals surface area contributed by atoms with E-state index in [0.717, 1.165) is 0 Å². The second kappa shape index (κ2) is 6.09. The van der Waals surface area contributed by atoms with Crippen LogP contribution in [0, 0.1) is 0 Å². The van der Waals surface area contributed by atoms with Gasteiger partial charge in [0.25, 0.3) is 0 Å². The molecule has 0 aliphatic carbocycles. The predicted molar refractivity (Wildman–Crippen MR) is 61.8 cm³/mol. The van der Waals surface area contributed by atoms with Gasteiger partial charge in [0.1, 0.15) is 0 Å². The molecule has 0 saturated heterocycles. The quantitative estimate of drug-likeness (QED) is 0.638. The van der Waals surface area contributed by atoms with Crippen molar-refractivity contribution < 1.29 is 22.1 Å². The topological polar surface area (TPSA) is 46.2 Å². The van der Waals surface area contributed by atoms with Crippen LogP contribution in [0.5, 0.6) is 0 Å². The van der Waals surface area contributed by atoms with Crippen molar-refractivity contribution in [3.63, 3.8) is 0 Å². The molecule has 0 aliphatic rings. The molecule has 7 heteroatoms. The summed E-state index contributed by atoms with van der Waals surface area (Å²) >= 11 is 0. The second-order valence-corrected chi connectivity index (χ2v) is 11.0. The molecule has 1 atom stereocenters. The van der Waals surface area contributed by atoms with Crippen LogP contribution >= 0.6 is 0 Å². The van der Waals surface area contributed by atoms with Crippen LogP contribution in [0.15, 0.2) is 0 Å².